The standard InChI is InChI=1S/C35H43F3O4/c1-3-5-7-9-11-13-15-26-16-22-31(30(36)25-26)42-35(39)41-28-19-17-27(18-20-28)29-21-23-32(34(38)33(29)37)40-24-14-12-10-8-6-4-2/h16-23,25H,3-15,24H2,1-2H3. The summed E-state index contributed by atoms with van der Waals surface area (Å²) in [6.45, 7) is 4.67. The highest BCUT2D eigenvalue weighted by atomic mass is 19.2. The fraction of sp³-hybridized carbons (Fsp3) is 0.457. The van der Waals surface area contributed by atoms with Crippen molar-refractivity contribution in [3.63, 3.8) is 0 Å². The van der Waals surface area contributed by atoms with Crippen LogP contribution in [-0.4, -0.2) is 12.8 Å². The van der Waals surface area contributed by atoms with Crippen LogP contribution in [-0.2, 0) is 6.42 Å². The molecule has 0 spiro atoms. The Morgan fingerprint density at radius 2 is 1.26 bits per heavy atom. The minimum atomic E-state index is -1.10. The van der Waals surface area contributed by atoms with Crippen LogP contribution in [0.15, 0.2) is 54.6 Å². The molecule has 0 aliphatic heterocycles. The summed E-state index contributed by atoms with van der Waals surface area (Å²) < 4.78 is 59.6. The van der Waals surface area contributed by atoms with Crippen LogP contribution in [0.3, 0.4) is 0 Å². The van der Waals surface area contributed by atoms with E-state index in [0.717, 1.165) is 44.1 Å². The van der Waals surface area contributed by atoms with Crippen LogP contribution < -0.4 is 14.2 Å². The van der Waals surface area contributed by atoms with Gasteiger partial charge in [-0.3, -0.25) is 0 Å². The summed E-state index contributed by atoms with van der Waals surface area (Å²) in [4.78, 5) is 12.2. The molecule has 0 aliphatic carbocycles. The number of ether oxygens (including phenoxy) is 3. The van der Waals surface area contributed by atoms with Gasteiger partial charge in [0, 0.05) is 5.56 Å². The number of halogens is 3. The fourth-order valence-electron chi connectivity index (χ4n) is 4.73. The van der Waals surface area contributed by atoms with E-state index >= 15 is 0 Å². The summed E-state index contributed by atoms with van der Waals surface area (Å²) in [6.07, 6.45) is 13.0. The maximum Gasteiger partial charge on any atom is 0.519 e. The van der Waals surface area contributed by atoms with Gasteiger partial charge in [0.05, 0.1) is 6.61 Å². The van der Waals surface area contributed by atoms with E-state index in [2.05, 4.69) is 13.8 Å². The highest BCUT2D eigenvalue weighted by molar-refractivity contribution is 5.69. The van der Waals surface area contributed by atoms with Crippen molar-refractivity contribution in [3.8, 4) is 28.4 Å². The lowest BCUT2D eigenvalue weighted by molar-refractivity contribution is 0.150. The van der Waals surface area contributed by atoms with Crippen LogP contribution in [0.1, 0.15) is 96.5 Å². The van der Waals surface area contributed by atoms with Crippen LogP contribution in [0.5, 0.6) is 17.2 Å². The molecule has 0 fully saturated rings. The van der Waals surface area contributed by atoms with Crippen molar-refractivity contribution in [1.82, 2.24) is 0 Å². The van der Waals surface area contributed by atoms with Gasteiger partial charge in [-0.25, -0.2) is 13.6 Å². The van der Waals surface area contributed by atoms with Crippen molar-refractivity contribution < 1.29 is 32.2 Å². The van der Waals surface area contributed by atoms with E-state index in [0.29, 0.717) is 12.2 Å². The summed E-state index contributed by atoms with van der Waals surface area (Å²) in [6, 6.07) is 13.3. The highest BCUT2D eigenvalue weighted by Crippen LogP contribution is 2.31. The van der Waals surface area contributed by atoms with Crippen LogP contribution >= 0.6 is 0 Å². The van der Waals surface area contributed by atoms with Crippen molar-refractivity contribution >= 4 is 6.16 Å². The smallest absolute Gasteiger partial charge is 0.490 e. The molecule has 0 N–H and O–H groups in total. The fourth-order valence-corrected chi connectivity index (χ4v) is 4.73. The third kappa shape index (κ3) is 10.7. The lowest BCUT2D eigenvalue weighted by atomic mass is 10.0. The number of rotatable bonds is 18. The van der Waals surface area contributed by atoms with E-state index in [1.54, 1.807) is 6.07 Å². The van der Waals surface area contributed by atoms with Gasteiger partial charge in [0.25, 0.3) is 0 Å². The van der Waals surface area contributed by atoms with E-state index in [-0.39, 0.29) is 22.8 Å². The molecule has 0 radical (unpaired) electrons. The summed E-state index contributed by atoms with van der Waals surface area (Å²) in [5.74, 6) is -2.91. The first-order chi connectivity index (χ1) is 20.4. The first-order valence-corrected chi connectivity index (χ1v) is 15.3. The Kier molecular flexibility index (Phi) is 14.3. The van der Waals surface area contributed by atoms with Gasteiger partial charge in [0.15, 0.2) is 23.1 Å². The zero-order chi connectivity index (χ0) is 30.2. The quantitative estimate of drug-likeness (QED) is 0.0847. The number of unbranched alkanes of at least 4 members (excludes halogenated alkanes) is 10. The molecule has 0 aliphatic rings. The number of hydrogen-bond donors (Lipinski definition) is 0. The summed E-state index contributed by atoms with van der Waals surface area (Å²) in [5, 5.41) is 0. The molecule has 0 atom stereocenters. The monoisotopic (exact) mass is 584 g/mol. The van der Waals surface area contributed by atoms with Gasteiger partial charge in [0.2, 0.25) is 5.82 Å². The van der Waals surface area contributed by atoms with E-state index < -0.39 is 23.6 Å². The second-order valence-electron chi connectivity index (χ2n) is 10.6. The minimum absolute atomic E-state index is 0.0525. The lowest BCUT2D eigenvalue weighted by Gasteiger charge is -2.11. The average Bonchev–Trinajstić information content (AvgIpc) is 2.98. The van der Waals surface area contributed by atoms with E-state index in [1.807, 2.05) is 0 Å². The van der Waals surface area contributed by atoms with Gasteiger partial charge in [-0.15, -0.1) is 0 Å². The Labute approximate surface area is 248 Å². The summed E-state index contributed by atoms with van der Waals surface area (Å²) >= 11 is 0. The van der Waals surface area contributed by atoms with Crippen LogP contribution in [0.25, 0.3) is 11.1 Å². The van der Waals surface area contributed by atoms with Crippen LogP contribution in [0.4, 0.5) is 18.0 Å². The summed E-state index contributed by atoms with van der Waals surface area (Å²) in [5.41, 5.74) is 1.29. The van der Waals surface area contributed by atoms with Gasteiger partial charge in [-0.1, -0.05) is 96.3 Å². The van der Waals surface area contributed by atoms with Gasteiger partial charge in [-0.2, -0.15) is 4.39 Å². The Bertz CT molecular complexity index is 1240. The number of benzene rings is 3. The first kappa shape index (κ1) is 33.0. The van der Waals surface area contributed by atoms with Crippen LogP contribution in [0.2, 0.25) is 0 Å². The molecular weight excluding hydrogens is 541 g/mol. The van der Waals surface area contributed by atoms with Crippen molar-refractivity contribution in [2.75, 3.05) is 6.61 Å². The molecule has 0 unspecified atom stereocenters. The third-order valence-corrected chi connectivity index (χ3v) is 7.18. The number of carbonyl (C=O) groups excluding carboxylic acids is 1. The zero-order valence-electron chi connectivity index (χ0n) is 24.9. The molecule has 3 aromatic rings. The zero-order valence-corrected chi connectivity index (χ0v) is 24.9. The van der Waals surface area contributed by atoms with Gasteiger partial charge in [0.1, 0.15) is 5.75 Å². The lowest BCUT2D eigenvalue weighted by Crippen LogP contribution is -2.14. The number of hydrogen-bond acceptors (Lipinski definition) is 4. The van der Waals surface area contributed by atoms with Gasteiger partial charge in [-0.05, 0) is 66.8 Å². The molecule has 0 bridgehead atoms. The van der Waals surface area contributed by atoms with E-state index in [4.69, 9.17) is 14.2 Å². The summed E-state index contributed by atoms with van der Waals surface area (Å²) in [7, 11) is 0. The number of carbonyl (C=O) groups is 1. The Morgan fingerprint density at radius 3 is 1.93 bits per heavy atom. The molecule has 7 heteroatoms. The molecule has 4 nitrogen and oxygen atoms in total. The number of aryl methyl sites for hydroxylation is 1. The normalized spacial score (nSPS) is 11.0. The second-order valence-corrected chi connectivity index (χ2v) is 10.6. The first-order valence-electron chi connectivity index (χ1n) is 15.3. The predicted molar refractivity (Wildman–Crippen MR) is 161 cm³/mol. The van der Waals surface area contributed by atoms with Crippen molar-refractivity contribution in [1.29, 1.82) is 0 Å². The van der Waals surface area contributed by atoms with Gasteiger partial charge < -0.3 is 14.2 Å². The average molecular weight is 585 g/mol. The molecule has 0 saturated carbocycles. The maximum atomic E-state index is 14.8. The molecule has 0 amide bonds. The Balaban J connectivity index is 1.49. The SMILES string of the molecule is CCCCCCCCOc1ccc(-c2ccc(OC(=O)Oc3ccc(CCCCCCCC)cc3F)cc2)c(F)c1F. The largest absolute Gasteiger partial charge is 0.519 e. The van der Waals surface area contributed by atoms with E-state index in [1.165, 1.54) is 93.5 Å². The molecule has 0 saturated heterocycles. The molecule has 0 aromatic heterocycles. The maximum absolute atomic E-state index is 14.8. The highest BCUT2D eigenvalue weighted by Gasteiger charge is 2.17. The van der Waals surface area contributed by atoms with Crippen molar-refractivity contribution in [3.05, 3.63) is 77.6 Å². The second kappa shape index (κ2) is 18.1. The molecule has 3 aromatic carbocycles. The van der Waals surface area contributed by atoms with Crippen molar-refractivity contribution in [2.45, 2.75) is 97.3 Å². The Morgan fingerprint density at radius 1 is 0.643 bits per heavy atom. The third-order valence-electron chi connectivity index (χ3n) is 7.18. The van der Waals surface area contributed by atoms with Crippen LogP contribution in [0, 0.1) is 17.5 Å². The molecule has 228 valence electrons. The predicted octanol–water partition coefficient (Wildman–Crippen LogP) is 11.0. The van der Waals surface area contributed by atoms with E-state index in [9.17, 15) is 18.0 Å². The molecule has 3 rings (SSSR count). The van der Waals surface area contributed by atoms with Gasteiger partial charge >= 0.3 is 6.16 Å². The Hall–Kier alpha value is -3.48. The molecule has 0 heterocycles. The molecular formula is C35H43F3O4. The minimum Gasteiger partial charge on any atom is -0.490 e. The topological polar surface area (TPSA) is 44.8 Å². The molecule has 42 heavy (non-hydrogen) atoms. The van der Waals surface area contributed by atoms with Crippen molar-refractivity contribution in [2.24, 2.45) is 0 Å².